The molecule has 0 amide bonds. The number of unbranched alkanes of at least 4 members (excludes halogenated alkanes) is 1. The Labute approximate surface area is 122 Å². The summed E-state index contributed by atoms with van der Waals surface area (Å²) in [6, 6.07) is 6.67. The van der Waals surface area contributed by atoms with Gasteiger partial charge >= 0.3 is 5.97 Å². The Hall–Kier alpha value is -1.99. The zero-order valence-electron chi connectivity index (χ0n) is 11.3. The highest BCUT2D eigenvalue weighted by Crippen LogP contribution is 2.21. The van der Waals surface area contributed by atoms with Gasteiger partial charge in [0.1, 0.15) is 0 Å². The maximum Gasteiger partial charge on any atom is 0.303 e. The van der Waals surface area contributed by atoms with Crippen molar-refractivity contribution in [3.8, 4) is 0 Å². The molecular formula is C14H16N2O4S. The third kappa shape index (κ3) is 3.99. The average Bonchev–Trinajstić information content (AvgIpc) is 2.46. The second kappa shape index (κ2) is 6.64. The summed E-state index contributed by atoms with van der Waals surface area (Å²) in [5, 5.41) is 9.90. The summed E-state index contributed by atoms with van der Waals surface area (Å²) in [5.41, 5.74) is 0. The summed E-state index contributed by atoms with van der Waals surface area (Å²) in [7, 11) is -3.61. The molecule has 2 aromatic rings. The molecule has 0 spiro atoms. The molecular weight excluding hydrogens is 292 g/mol. The molecule has 0 atom stereocenters. The second-order valence-electron chi connectivity index (χ2n) is 4.60. The summed E-state index contributed by atoms with van der Waals surface area (Å²) in [6.07, 6.45) is 4.13. The van der Waals surface area contributed by atoms with Crippen LogP contribution in [0.5, 0.6) is 0 Å². The second-order valence-corrected chi connectivity index (χ2v) is 6.34. The molecule has 0 bridgehead atoms. The van der Waals surface area contributed by atoms with Gasteiger partial charge in [-0.05, 0) is 25.0 Å². The number of aliphatic carboxylic acids is 1. The van der Waals surface area contributed by atoms with Gasteiger partial charge in [0.25, 0.3) is 0 Å². The number of rotatable bonds is 7. The minimum Gasteiger partial charge on any atom is -0.481 e. The van der Waals surface area contributed by atoms with Gasteiger partial charge in [0.05, 0.1) is 4.90 Å². The van der Waals surface area contributed by atoms with Crippen LogP contribution in [0.4, 0.5) is 0 Å². The molecule has 0 aliphatic heterocycles. The number of hydrogen-bond donors (Lipinski definition) is 2. The van der Waals surface area contributed by atoms with Gasteiger partial charge in [0.15, 0.2) is 0 Å². The number of fused-ring (bicyclic) bond motifs is 1. The first-order valence-electron chi connectivity index (χ1n) is 6.55. The molecule has 112 valence electrons. The van der Waals surface area contributed by atoms with E-state index in [1.54, 1.807) is 36.7 Å². The predicted molar refractivity (Wildman–Crippen MR) is 78.4 cm³/mol. The summed E-state index contributed by atoms with van der Waals surface area (Å²) in [6.45, 7) is 0.219. The molecule has 0 fully saturated rings. The summed E-state index contributed by atoms with van der Waals surface area (Å²) in [5.74, 6) is -0.876. The van der Waals surface area contributed by atoms with Crippen LogP contribution in [0.3, 0.4) is 0 Å². The number of nitrogens with zero attached hydrogens (tertiary/aromatic N) is 1. The first-order chi connectivity index (χ1) is 10.0. The fraction of sp³-hybridized carbons (Fsp3) is 0.286. The lowest BCUT2D eigenvalue weighted by molar-refractivity contribution is -0.137. The van der Waals surface area contributed by atoms with Crippen LogP contribution >= 0.6 is 0 Å². The first-order valence-corrected chi connectivity index (χ1v) is 8.03. The Bertz CT molecular complexity index is 738. The maximum atomic E-state index is 12.3. The fourth-order valence-corrected chi connectivity index (χ4v) is 3.31. The van der Waals surface area contributed by atoms with Gasteiger partial charge in [-0.1, -0.05) is 12.1 Å². The van der Waals surface area contributed by atoms with Crippen LogP contribution in [0.1, 0.15) is 19.3 Å². The van der Waals surface area contributed by atoms with Crippen molar-refractivity contribution in [2.24, 2.45) is 0 Å². The molecule has 0 saturated carbocycles. The molecule has 0 saturated heterocycles. The molecule has 2 rings (SSSR count). The molecule has 0 unspecified atom stereocenters. The third-order valence-corrected chi connectivity index (χ3v) is 4.56. The van der Waals surface area contributed by atoms with Crippen molar-refractivity contribution >= 4 is 26.8 Å². The van der Waals surface area contributed by atoms with Crippen LogP contribution in [0, 0.1) is 0 Å². The van der Waals surface area contributed by atoms with E-state index in [-0.39, 0.29) is 17.9 Å². The van der Waals surface area contributed by atoms with Crippen molar-refractivity contribution in [1.82, 2.24) is 9.71 Å². The number of aromatic nitrogens is 1. The van der Waals surface area contributed by atoms with E-state index in [0.29, 0.717) is 18.2 Å². The fourth-order valence-electron chi connectivity index (χ4n) is 2.01. The van der Waals surface area contributed by atoms with E-state index < -0.39 is 16.0 Å². The first kappa shape index (κ1) is 15.4. The number of nitrogens with one attached hydrogen (secondary N) is 1. The topological polar surface area (TPSA) is 96.4 Å². The molecule has 0 radical (unpaired) electrons. The number of carboxylic acids is 1. The monoisotopic (exact) mass is 308 g/mol. The number of benzene rings is 1. The van der Waals surface area contributed by atoms with Gasteiger partial charge in [-0.3, -0.25) is 9.78 Å². The number of pyridine rings is 1. The largest absolute Gasteiger partial charge is 0.481 e. The minimum atomic E-state index is -3.61. The Balaban J connectivity index is 2.10. The SMILES string of the molecule is O=C(O)CCCCNS(=O)(=O)c1cccc2cnccc12. The van der Waals surface area contributed by atoms with Gasteiger partial charge in [-0.25, -0.2) is 13.1 Å². The zero-order valence-corrected chi connectivity index (χ0v) is 12.1. The average molecular weight is 308 g/mol. The highest BCUT2D eigenvalue weighted by Gasteiger charge is 2.16. The molecule has 0 aliphatic rings. The van der Waals surface area contributed by atoms with E-state index in [9.17, 15) is 13.2 Å². The summed E-state index contributed by atoms with van der Waals surface area (Å²) < 4.78 is 27.1. The summed E-state index contributed by atoms with van der Waals surface area (Å²) in [4.78, 5) is 14.6. The number of carboxylic acid groups (broad SMARTS) is 1. The highest BCUT2D eigenvalue weighted by atomic mass is 32.2. The van der Waals surface area contributed by atoms with Gasteiger partial charge in [-0.2, -0.15) is 0 Å². The van der Waals surface area contributed by atoms with Crippen LogP contribution < -0.4 is 4.72 Å². The lowest BCUT2D eigenvalue weighted by Crippen LogP contribution is -2.25. The van der Waals surface area contributed by atoms with Crippen LogP contribution in [0.25, 0.3) is 10.8 Å². The lowest BCUT2D eigenvalue weighted by Gasteiger charge is -2.09. The van der Waals surface area contributed by atoms with Gasteiger partial charge in [-0.15, -0.1) is 0 Å². The normalized spacial score (nSPS) is 11.6. The van der Waals surface area contributed by atoms with E-state index >= 15 is 0 Å². The standard InChI is InChI=1S/C14H16N2O4S/c17-14(18)6-1-2-8-16-21(19,20)13-5-3-4-11-10-15-9-7-12(11)13/h3-5,7,9-10,16H,1-2,6,8H2,(H,17,18). The van der Waals surface area contributed by atoms with Gasteiger partial charge in [0, 0.05) is 36.1 Å². The molecule has 7 heteroatoms. The van der Waals surface area contributed by atoms with Crippen molar-refractivity contribution in [1.29, 1.82) is 0 Å². The van der Waals surface area contributed by atoms with Crippen molar-refractivity contribution in [3.63, 3.8) is 0 Å². The molecule has 6 nitrogen and oxygen atoms in total. The lowest BCUT2D eigenvalue weighted by atomic mass is 10.2. The van der Waals surface area contributed by atoms with Crippen LogP contribution in [0.2, 0.25) is 0 Å². The number of carbonyl (C=O) groups is 1. The number of sulfonamides is 1. The quantitative estimate of drug-likeness (QED) is 0.760. The van der Waals surface area contributed by atoms with Crippen molar-refractivity contribution in [2.45, 2.75) is 24.2 Å². The van der Waals surface area contributed by atoms with Crippen LogP contribution in [0.15, 0.2) is 41.6 Å². The smallest absolute Gasteiger partial charge is 0.303 e. The summed E-state index contributed by atoms with van der Waals surface area (Å²) >= 11 is 0. The maximum absolute atomic E-state index is 12.3. The van der Waals surface area contributed by atoms with E-state index in [4.69, 9.17) is 5.11 Å². The minimum absolute atomic E-state index is 0.0433. The molecule has 1 aromatic carbocycles. The number of hydrogen-bond acceptors (Lipinski definition) is 4. The van der Waals surface area contributed by atoms with Gasteiger partial charge < -0.3 is 5.11 Å². The molecule has 21 heavy (non-hydrogen) atoms. The van der Waals surface area contributed by atoms with E-state index in [1.165, 1.54) is 0 Å². The van der Waals surface area contributed by atoms with E-state index in [1.807, 2.05) is 0 Å². The Kier molecular flexibility index (Phi) is 4.87. The third-order valence-electron chi connectivity index (χ3n) is 3.04. The van der Waals surface area contributed by atoms with Crippen molar-refractivity contribution in [2.75, 3.05) is 6.54 Å². The van der Waals surface area contributed by atoms with Gasteiger partial charge in [0.2, 0.25) is 10.0 Å². The van der Waals surface area contributed by atoms with E-state index in [0.717, 1.165) is 5.39 Å². The molecule has 1 heterocycles. The van der Waals surface area contributed by atoms with Crippen molar-refractivity contribution < 1.29 is 18.3 Å². The Morgan fingerprint density at radius 2 is 2.05 bits per heavy atom. The Morgan fingerprint density at radius 3 is 2.81 bits per heavy atom. The Morgan fingerprint density at radius 1 is 1.24 bits per heavy atom. The predicted octanol–water partition coefficient (Wildman–Crippen LogP) is 1.77. The van der Waals surface area contributed by atoms with E-state index in [2.05, 4.69) is 9.71 Å². The highest BCUT2D eigenvalue weighted by molar-refractivity contribution is 7.89. The van der Waals surface area contributed by atoms with Crippen molar-refractivity contribution in [3.05, 3.63) is 36.7 Å². The molecule has 1 aromatic heterocycles. The molecule has 2 N–H and O–H groups in total. The zero-order chi connectivity index (χ0) is 15.3. The van der Waals surface area contributed by atoms with Crippen LogP contribution in [-0.2, 0) is 14.8 Å². The van der Waals surface area contributed by atoms with Crippen LogP contribution in [-0.4, -0.2) is 31.0 Å². The molecule has 0 aliphatic carbocycles.